The van der Waals surface area contributed by atoms with E-state index in [0.717, 1.165) is 25.7 Å². The zero-order valence-corrected chi connectivity index (χ0v) is 13.5. The number of hydrogen-bond donors (Lipinski definition) is 1. The van der Waals surface area contributed by atoms with Crippen molar-refractivity contribution in [3.63, 3.8) is 0 Å². The molecule has 1 saturated carbocycles. The summed E-state index contributed by atoms with van der Waals surface area (Å²) < 4.78 is 0. The normalized spacial score (nSPS) is 30.3. The SMILES string of the molecule is CCCN(C)N1CNCC12CCC(c1ccccc1)CC2. The van der Waals surface area contributed by atoms with E-state index in [2.05, 4.69) is 59.6 Å². The third-order valence-corrected chi connectivity index (χ3v) is 5.41. The summed E-state index contributed by atoms with van der Waals surface area (Å²) in [4.78, 5) is 0. The van der Waals surface area contributed by atoms with Gasteiger partial charge in [0.2, 0.25) is 0 Å². The van der Waals surface area contributed by atoms with Crippen molar-refractivity contribution in [3.8, 4) is 0 Å². The maximum Gasteiger partial charge on any atom is 0.0630 e. The van der Waals surface area contributed by atoms with Gasteiger partial charge in [-0.25, -0.2) is 10.0 Å². The molecule has 3 rings (SSSR count). The Balaban J connectivity index is 1.66. The lowest BCUT2D eigenvalue weighted by Gasteiger charge is -2.46. The third-order valence-electron chi connectivity index (χ3n) is 5.41. The van der Waals surface area contributed by atoms with Gasteiger partial charge in [0.25, 0.3) is 0 Å². The van der Waals surface area contributed by atoms with Gasteiger partial charge in [-0.05, 0) is 43.6 Å². The van der Waals surface area contributed by atoms with Gasteiger partial charge in [0.05, 0.1) is 6.67 Å². The summed E-state index contributed by atoms with van der Waals surface area (Å²) in [5, 5.41) is 8.67. The number of hydrazine groups is 1. The summed E-state index contributed by atoms with van der Waals surface area (Å²) in [6.07, 6.45) is 6.49. The summed E-state index contributed by atoms with van der Waals surface area (Å²) in [6.45, 7) is 5.60. The van der Waals surface area contributed by atoms with Gasteiger partial charge in [-0.1, -0.05) is 37.3 Å². The fourth-order valence-corrected chi connectivity index (χ4v) is 4.23. The lowest BCUT2D eigenvalue weighted by molar-refractivity contribution is -0.0787. The van der Waals surface area contributed by atoms with Crippen molar-refractivity contribution in [1.29, 1.82) is 0 Å². The molecule has 116 valence electrons. The highest BCUT2D eigenvalue weighted by Gasteiger charge is 2.45. The molecule has 1 aliphatic carbocycles. The van der Waals surface area contributed by atoms with Crippen LogP contribution in [0.2, 0.25) is 0 Å². The largest absolute Gasteiger partial charge is 0.301 e. The first kappa shape index (κ1) is 15.0. The van der Waals surface area contributed by atoms with Gasteiger partial charge in [0, 0.05) is 25.7 Å². The first-order chi connectivity index (χ1) is 10.2. The highest BCUT2D eigenvalue weighted by atomic mass is 15.7. The van der Waals surface area contributed by atoms with E-state index in [4.69, 9.17) is 0 Å². The fraction of sp³-hybridized carbons (Fsp3) is 0.667. The summed E-state index contributed by atoms with van der Waals surface area (Å²) in [6, 6.07) is 11.1. The molecular formula is C18H29N3. The second-order valence-electron chi connectivity index (χ2n) is 6.77. The minimum atomic E-state index is 0.370. The Morgan fingerprint density at radius 3 is 2.62 bits per heavy atom. The molecule has 1 aromatic rings. The Hall–Kier alpha value is -0.900. The maximum atomic E-state index is 3.61. The van der Waals surface area contributed by atoms with Gasteiger partial charge >= 0.3 is 0 Å². The molecule has 3 nitrogen and oxygen atoms in total. The molecule has 1 aromatic carbocycles. The van der Waals surface area contributed by atoms with Crippen molar-refractivity contribution in [3.05, 3.63) is 35.9 Å². The molecule has 2 fully saturated rings. The Morgan fingerprint density at radius 2 is 1.95 bits per heavy atom. The molecule has 1 heterocycles. The van der Waals surface area contributed by atoms with Crippen LogP contribution in [0.25, 0.3) is 0 Å². The van der Waals surface area contributed by atoms with Crippen molar-refractivity contribution in [2.24, 2.45) is 0 Å². The third kappa shape index (κ3) is 3.01. The van der Waals surface area contributed by atoms with Crippen LogP contribution in [0, 0.1) is 0 Å². The van der Waals surface area contributed by atoms with Crippen molar-refractivity contribution < 1.29 is 0 Å². The van der Waals surface area contributed by atoms with Crippen LogP contribution in [0.4, 0.5) is 0 Å². The van der Waals surface area contributed by atoms with Crippen LogP contribution < -0.4 is 5.32 Å². The molecule has 0 bridgehead atoms. The molecule has 1 spiro atoms. The van der Waals surface area contributed by atoms with Crippen LogP contribution in [-0.2, 0) is 0 Å². The molecule has 0 aromatic heterocycles. The first-order valence-corrected chi connectivity index (χ1v) is 8.49. The molecule has 21 heavy (non-hydrogen) atoms. The standard InChI is InChI=1S/C18H29N3/c1-3-13-20(2)21-15-19-14-18(21)11-9-17(10-12-18)16-7-5-4-6-8-16/h4-8,17,19H,3,9-15H2,1-2H3. The van der Waals surface area contributed by atoms with E-state index in [1.54, 1.807) is 0 Å². The monoisotopic (exact) mass is 287 g/mol. The number of nitrogens with zero attached hydrogens (tertiary/aromatic N) is 2. The predicted molar refractivity (Wildman–Crippen MR) is 88.0 cm³/mol. The van der Waals surface area contributed by atoms with Gasteiger partial charge in [-0.15, -0.1) is 0 Å². The first-order valence-electron chi connectivity index (χ1n) is 8.49. The summed E-state index contributed by atoms with van der Waals surface area (Å²) in [7, 11) is 2.25. The average molecular weight is 287 g/mol. The second-order valence-corrected chi connectivity index (χ2v) is 6.77. The minimum Gasteiger partial charge on any atom is -0.301 e. The van der Waals surface area contributed by atoms with Crippen molar-refractivity contribution in [2.45, 2.75) is 50.5 Å². The number of benzene rings is 1. The van der Waals surface area contributed by atoms with Crippen LogP contribution in [0.3, 0.4) is 0 Å². The van der Waals surface area contributed by atoms with E-state index in [1.807, 2.05) is 0 Å². The molecule has 1 N–H and O–H groups in total. The zero-order valence-electron chi connectivity index (χ0n) is 13.5. The minimum absolute atomic E-state index is 0.370. The van der Waals surface area contributed by atoms with Crippen LogP contribution in [0.15, 0.2) is 30.3 Å². The lowest BCUT2D eigenvalue weighted by Crippen LogP contribution is -2.55. The van der Waals surface area contributed by atoms with Crippen LogP contribution >= 0.6 is 0 Å². The van der Waals surface area contributed by atoms with Crippen molar-refractivity contribution in [1.82, 2.24) is 15.3 Å². The van der Waals surface area contributed by atoms with Gasteiger partial charge in [0.1, 0.15) is 0 Å². The van der Waals surface area contributed by atoms with E-state index in [-0.39, 0.29) is 0 Å². The van der Waals surface area contributed by atoms with E-state index in [9.17, 15) is 0 Å². The maximum absolute atomic E-state index is 3.61. The summed E-state index contributed by atoms with van der Waals surface area (Å²) >= 11 is 0. The molecule has 1 aliphatic heterocycles. The highest BCUT2D eigenvalue weighted by molar-refractivity contribution is 5.21. The number of nitrogens with one attached hydrogen (secondary N) is 1. The molecule has 0 unspecified atom stereocenters. The van der Waals surface area contributed by atoms with Gasteiger partial charge < -0.3 is 5.32 Å². The van der Waals surface area contributed by atoms with Gasteiger partial charge in [0.15, 0.2) is 0 Å². The molecular weight excluding hydrogens is 258 g/mol. The van der Waals surface area contributed by atoms with Gasteiger partial charge in [-0.3, -0.25) is 0 Å². The van der Waals surface area contributed by atoms with E-state index in [1.165, 1.54) is 37.7 Å². The molecule has 0 radical (unpaired) electrons. The average Bonchev–Trinajstić information content (AvgIpc) is 2.92. The Morgan fingerprint density at radius 1 is 1.24 bits per heavy atom. The smallest absolute Gasteiger partial charge is 0.0630 e. The van der Waals surface area contributed by atoms with Crippen LogP contribution in [-0.4, -0.2) is 42.4 Å². The quantitative estimate of drug-likeness (QED) is 0.917. The van der Waals surface area contributed by atoms with E-state index in [0.29, 0.717) is 5.54 Å². The molecule has 0 amide bonds. The zero-order chi connectivity index (χ0) is 14.7. The fourth-order valence-electron chi connectivity index (χ4n) is 4.23. The molecule has 3 heteroatoms. The Labute approximate surface area is 129 Å². The van der Waals surface area contributed by atoms with Gasteiger partial charge in [-0.2, -0.15) is 0 Å². The predicted octanol–water partition coefficient (Wildman–Crippen LogP) is 3.20. The number of rotatable bonds is 4. The Kier molecular flexibility index (Phi) is 4.63. The van der Waals surface area contributed by atoms with E-state index < -0.39 is 0 Å². The molecule has 0 atom stereocenters. The summed E-state index contributed by atoms with van der Waals surface area (Å²) in [5.41, 5.74) is 1.90. The summed E-state index contributed by atoms with van der Waals surface area (Å²) in [5.74, 6) is 0.760. The van der Waals surface area contributed by atoms with Crippen LogP contribution in [0.1, 0.15) is 50.5 Å². The second kappa shape index (κ2) is 6.47. The highest BCUT2D eigenvalue weighted by Crippen LogP contribution is 2.42. The molecule has 1 saturated heterocycles. The van der Waals surface area contributed by atoms with E-state index >= 15 is 0 Å². The topological polar surface area (TPSA) is 18.5 Å². The Bertz CT molecular complexity index is 437. The lowest BCUT2D eigenvalue weighted by atomic mass is 9.74. The molecule has 2 aliphatic rings. The van der Waals surface area contributed by atoms with Crippen LogP contribution in [0.5, 0.6) is 0 Å². The van der Waals surface area contributed by atoms with Crippen molar-refractivity contribution >= 4 is 0 Å². The van der Waals surface area contributed by atoms with Crippen molar-refractivity contribution in [2.75, 3.05) is 26.8 Å². The number of hydrogen-bond acceptors (Lipinski definition) is 3.